The molecule has 152 valence electrons. The number of fused-ring (bicyclic) bond motifs is 1. The number of benzene rings is 3. The fraction of sp³-hybridized carbons (Fsp3) is 0.160. The molecular formula is C25H23NO3S. The average molecular weight is 418 g/mol. The molecule has 0 aliphatic rings. The lowest BCUT2D eigenvalue weighted by Gasteiger charge is -2.12. The van der Waals surface area contributed by atoms with Gasteiger partial charge >= 0.3 is 0 Å². The van der Waals surface area contributed by atoms with Gasteiger partial charge in [-0.25, -0.2) is 0 Å². The number of methoxy groups -OCH3 is 1. The SMILES string of the molecule is COc1ccc2c(c1)c(-c1ccccc1)c(-c1ccccc1)n2C(=O)CSCCO. The molecule has 1 N–H and O–H groups in total. The first-order chi connectivity index (χ1) is 14.7. The molecule has 0 spiro atoms. The van der Waals surface area contributed by atoms with Crippen molar-refractivity contribution in [2.75, 3.05) is 25.2 Å². The van der Waals surface area contributed by atoms with E-state index in [4.69, 9.17) is 9.84 Å². The molecule has 0 bridgehead atoms. The van der Waals surface area contributed by atoms with Crippen molar-refractivity contribution in [2.24, 2.45) is 0 Å². The highest BCUT2D eigenvalue weighted by Crippen LogP contribution is 2.42. The molecule has 5 heteroatoms. The van der Waals surface area contributed by atoms with Crippen LogP contribution in [0.25, 0.3) is 33.3 Å². The number of aliphatic hydroxyl groups excluding tert-OH is 1. The molecule has 1 heterocycles. The van der Waals surface area contributed by atoms with E-state index in [1.165, 1.54) is 11.8 Å². The average Bonchev–Trinajstić information content (AvgIpc) is 3.14. The van der Waals surface area contributed by atoms with Gasteiger partial charge in [-0.2, -0.15) is 0 Å². The maximum Gasteiger partial charge on any atom is 0.241 e. The molecule has 30 heavy (non-hydrogen) atoms. The van der Waals surface area contributed by atoms with Gasteiger partial charge in [0.05, 0.1) is 30.7 Å². The van der Waals surface area contributed by atoms with Crippen LogP contribution in [0.3, 0.4) is 0 Å². The van der Waals surface area contributed by atoms with Crippen molar-refractivity contribution in [3.05, 3.63) is 78.9 Å². The van der Waals surface area contributed by atoms with Crippen LogP contribution in [0.5, 0.6) is 5.75 Å². The van der Waals surface area contributed by atoms with Gasteiger partial charge < -0.3 is 9.84 Å². The highest BCUT2D eigenvalue weighted by Gasteiger charge is 2.24. The van der Waals surface area contributed by atoms with Crippen LogP contribution in [-0.2, 0) is 0 Å². The summed E-state index contributed by atoms with van der Waals surface area (Å²) in [6.07, 6.45) is 0. The van der Waals surface area contributed by atoms with E-state index in [-0.39, 0.29) is 12.5 Å². The van der Waals surface area contributed by atoms with Crippen LogP contribution in [0.2, 0.25) is 0 Å². The zero-order chi connectivity index (χ0) is 20.9. The fourth-order valence-corrected chi connectivity index (χ4v) is 4.29. The zero-order valence-electron chi connectivity index (χ0n) is 16.7. The Morgan fingerprint density at radius 1 is 0.967 bits per heavy atom. The number of carbonyl (C=O) groups is 1. The van der Waals surface area contributed by atoms with Crippen LogP contribution in [-0.4, -0.2) is 40.8 Å². The van der Waals surface area contributed by atoms with Gasteiger partial charge in [0.15, 0.2) is 0 Å². The number of aromatic nitrogens is 1. The third kappa shape index (κ3) is 3.86. The van der Waals surface area contributed by atoms with E-state index in [9.17, 15) is 4.79 Å². The van der Waals surface area contributed by atoms with Crippen LogP contribution in [0.4, 0.5) is 0 Å². The Kier molecular flexibility index (Phi) is 6.21. The van der Waals surface area contributed by atoms with Gasteiger partial charge in [-0.3, -0.25) is 9.36 Å². The first-order valence-electron chi connectivity index (χ1n) is 9.79. The molecule has 0 fully saturated rings. The third-order valence-corrected chi connectivity index (χ3v) is 5.92. The standard InChI is InChI=1S/C25H23NO3S/c1-29-20-12-13-22-21(16-20)24(18-8-4-2-5-9-18)25(19-10-6-3-7-11-19)26(22)23(28)17-30-15-14-27/h2-13,16,27H,14-15,17H2,1H3. The topological polar surface area (TPSA) is 51.5 Å². The number of hydrogen-bond acceptors (Lipinski definition) is 4. The molecule has 0 saturated heterocycles. The van der Waals surface area contributed by atoms with Crippen LogP contribution in [0, 0.1) is 0 Å². The Morgan fingerprint density at radius 2 is 1.63 bits per heavy atom. The summed E-state index contributed by atoms with van der Waals surface area (Å²) in [5.41, 5.74) is 4.76. The minimum Gasteiger partial charge on any atom is -0.497 e. The molecule has 4 aromatic rings. The van der Waals surface area contributed by atoms with E-state index in [0.717, 1.165) is 39.0 Å². The molecule has 0 aliphatic carbocycles. The summed E-state index contributed by atoms with van der Waals surface area (Å²) in [6.45, 7) is 0.0579. The second-order valence-electron chi connectivity index (χ2n) is 6.84. The van der Waals surface area contributed by atoms with Crippen LogP contribution in [0.1, 0.15) is 4.79 Å². The van der Waals surface area contributed by atoms with Crippen molar-refractivity contribution in [2.45, 2.75) is 0 Å². The Labute approximate surface area is 180 Å². The zero-order valence-corrected chi connectivity index (χ0v) is 17.6. The maximum atomic E-state index is 13.4. The Morgan fingerprint density at radius 3 is 2.27 bits per heavy atom. The van der Waals surface area contributed by atoms with E-state index in [2.05, 4.69) is 12.1 Å². The summed E-state index contributed by atoms with van der Waals surface area (Å²) in [6, 6.07) is 26.0. The second kappa shape index (κ2) is 9.20. The van der Waals surface area contributed by atoms with Gasteiger partial charge in [-0.15, -0.1) is 11.8 Å². The van der Waals surface area contributed by atoms with E-state index in [1.54, 1.807) is 7.11 Å². The number of rotatable bonds is 7. The number of ether oxygens (including phenoxy) is 1. The second-order valence-corrected chi connectivity index (χ2v) is 7.95. The lowest BCUT2D eigenvalue weighted by atomic mass is 9.98. The number of carbonyl (C=O) groups excluding carboxylic acids is 1. The molecular weight excluding hydrogens is 394 g/mol. The van der Waals surface area contributed by atoms with Gasteiger partial charge in [0.1, 0.15) is 5.75 Å². The molecule has 0 atom stereocenters. The summed E-state index contributed by atoms with van der Waals surface area (Å²) < 4.78 is 7.30. The van der Waals surface area contributed by atoms with Crippen molar-refractivity contribution < 1.29 is 14.6 Å². The van der Waals surface area contributed by atoms with Crippen LogP contribution < -0.4 is 4.74 Å². The molecule has 3 aromatic carbocycles. The molecule has 0 amide bonds. The summed E-state index contributed by atoms with van der Waals surface area (Å²) in [5, 5.41) is 10.1. The highest BCUT2D eigenvalue weighted by molar-refractivity contribution is 7.99. The van der Waals surface area contributed by atoms with Crippen molar-refractivity contribution >= 4 is 28.6 Å². The number of thioether (sulfide) groups is 1. The van der Waals surface area contributed by atoms with Crippen molar-refractivity contribution in [3.63, 3.8) is 0 Å². The molecule has 0 saturated carbocycles. The first-order valence-corrected chi connectivity index (χ1v) is 10.9. The number of hydrogen-bond donors (Lipinski definition) is 1. The van der Waals surface area contributed by atoms with E-state index >= 15 is 0 Å². The smallest absolute Gasteiger partial charge is 0.241 e. The Bertz CT molecular complexity index is 1150. The molecule has 0 aliphatic heterocycles. The minimum absolute atomic E-state index is 0.00958. The van der Waals surface area contributed by atoms with Gasteiger partial charge in [0.2, 0.25) is 5.91 Å². The molecule has 0 unspecified atom stereocenters. The Hall–Kier alpha value is -3.02. The van der Waals surface area contributed by atoms with Crippen molar-refractivity contribution in [1.82, 2.24) is 4.57 Å². The predicted octanol–water partition coefficient (Wildman–Crippen LogP) is 5.35. The number of aliphatic hydroxyl groups is 1. The van der Waals surface area contributed by atoms with E-state index in [0.29, 0.717) is 11.5 Å². The van der Waals surface area contributed by atoms with Crippen molar-refractivity contribution in [3.8, 4) is 28.1 Å². The Balaban J connectivity index is 2.04. The predicted molar refractivity (Wildman–Crippen MR) is 124 cm³/mol. The summed E-state index contributed by atoms with van der Waals surface area (Å²) in [4.78, 5) is 13.4. The summed E-state index contributed by atoms with van der Waals surface area (Å²) >= 11 is 1.44. The van der Waals surface area contributed by atoms with Crippen LogP contribution >= 0.6 is 11.8 Å². The fourth-order valence-electron chi connectivity index (χ4n) is 3.71. The summed E-state index contributed by atoms with van der Waals surface area (Å²) in [5.74, 6) is 1.57. The molecule has 1 aromatic heterocycles. The first kappa shape index (κ1) is 20.3. The summed E-state index contributed by atoms with van der Waals surface area (Å²) in [7, 11) is 1.65. The highest BCUT2D eigenvalue weighted by atomic mass is 32.2. The lowest BCUT2D eigenvalue weighted by molar-refractivity contribution is 0.0949. The van der Waals surface area contributed by atoms with Gasteiger partial charge in [-0.05, 0) is 29.3 Å². The van der Waals surface area contributed by atoms with Gasteiger partial charge in [0.25, 0.3) is 0 Å². The van der Waals surface area contributed by atoms with Gasteiger partial charge in [0, 0.05) is 16.7 Å². The van der Waals surface area contributed by atoms with Crippen LogP contribution in [0.15, 0.2) is 78.9 Å². The van der Waals surface area contributed by atoms with Crippen molar-refractivity contribution in [1.29, 1.82) is 0 Å². The largest absolute Gasteiger partial charge is 0.497 e. The maximum absolute atomic E-state index is 13.4. The molecule has 0 radical (unpaired) electrons. The quantitative estimate of drug-likeness (QED) is 0.412. The van der Waals surface area contributed by atoms with E-state index in [1.807, 2.05) is 71.3 Å². The monoisotopic (exact) mass is 417 g/mol. The third-order valence-electron chi connectivity index (χ3n) is 4.99. The van der Waals surface area contributed by atoms with E-state index < -0.39 is 0 Å². The minimum atomic E-state index is -0.00958. The lowest BCUT2D eigenvalue weighted by Crippen LogP contribution is -2.15. The molecule has 4 rings (SSSR count). The molecule has 4 nitrogen and oxygen atoms in total. The van der Waals surface area contributed by atoms with Gasteiger partial charge in [-0.1, -0.05) is 60.7 Å². The number of nitrogens with zero attached hydrogens (tertiary/aromatic N) is 1. The normalized spacial score (nSPS) is 11.0.